The summed E-state index contributed by atoms with van der Waals surface area (Å²) in [6, 6.07) is 0. The number of hydrogen-bond acceptors (Lipinski definition) is 5. The topological polar surface area (TPSA) is 86.1 Å². The molecule has 1 aromatic rings. The monoisotopic (exact) mass is 320 g/mol. The van der Waals surface area contributed by atoms with Crippen molar-refractivity contribution in [1.82, 2.24) is 20.3 Å². The lowest BCUT2D eigenvalue weighted by Crippen LogP contribution is -2.41. The molecule has 0 spiro atoms. The second-order valence-electron chi connectivity index (χ2n) is 7.18. The van der Waals surface area contributed by atoms with Gasteiger partial charge in [0.05, 0.1) is 23.9 Å². The van der Waals surface area contributed by atoms with Crippen molar-refractivity contribution in [1.29, 1.82) is 0 Å². The molecule has 0 aliphatic carbocycles. The quantitative estimate of drug-likeness (QED) is 0.843. The van der Waals surface area contributed by atoms with Crippen LogP contribution in [0, 0.1) is 5.92 Å². The van der Waals surface area contributed by atoms with Crippen LogP contribution in [-0.4, -0.2) is 38.5 Å². The maximum absolute atomic E-state index is 11.8. The highest BCUT2D eigenvalue weighted by molar-refractivity contribution is 5.98. The van der Waals surface area contributed by atoms with Crippen LogP contribution in [0.4, 0.5) is 0 Å². The molecule has 23 heavy (non-hydrogen) atoms. The number of ether oxygens (including phenoxy) is 1. The number of imide groups is 1. The molecule has 2 amide bonds. The van der Waals surface area contributed by atoms with Crippen LogP contribution < -0.4 is 5.32 Å². The van der Waals surface area contributed by atoms with Crippen molar-refractivity contribution in [2.75, 3.05) is 0 Å². The SMILES string of the molecule is CC1(C)CCCC(Cn2cc(CC3CCC(=O)NC3=O)nn2)O1. The van der Waals surface area contributed by atoms with Gasteiger partial charge in [-0.15, -0.1) is 5.10 Å². The lowest BCUT2D eigenvalue weighted by molar-refractivity contribution is -0.136. The molecule has 2 aliphatic heterocycles. The molecule has 2 unspecified atom stereocenters. The summed E-state index contributed by atoms with van der Waals surface area (Å²) in [6.45, 7) is 4.93. The van der Waals surface area contributed by atoms with Crippen LogP contribution in [0.5, 0.6) is 0 Å². The van der Waals surface area contributed by atoms with Crippen molar-refractivity contribution in [3.63, 3.8) is 0 Å². The fraction of sp³-hybridized carbons (Fsp3) is 0.750. The predicted molar refractivity (Wildman–Crippen MR) is 82.4 cm³/mol. The third-order valence-electron chi connectivity index (χ3n) is 4.58. The highest BCUT2D eigenvalue weighted by Gasteiger charge is 2.30. The average Bonchev–Trinajstić information content (AvgIpc) is 2.88. The zero-order valence-corrected chi connectivity index (χ0v) is 13.7. The first-order chi connectivity index (χ1) is 10.9. The third-order valence-corrected chi connectivity index (χ3v) is 4.58. The molecule has 2 saturated heterocycles. The molecule has 2 atom stereocenters. The molecule has 126 valence electrons. The van der Waals surface area contributed by atoms with Gasteiger partial charge in [0.25, 0.3) is 0 Å². The van der Waals surface area contributed by atoms with Gasteiger partial charge in [0.2, 0.25) is 11.8 Å². The van der Waals surface area contributed by atoms with E-state index in [1.807, 2.05) is 6.20 Å². The van der Waals surface area contributed by atoms with Gasteiger partial charge < -0.3 is 4.74 Å². The number of nitrogens with one attached hydrogen (secondary N) is 1. The van der Waals surface area contributed by atoms with E-state index >= 15 is 0 Å². The van der Waals surface area contributed by atoms with Gasteiger partial charge in [-0.2, -0.15) is 0 Å². The number of nitrogens with zero attached hydrogens (tertiary/aromatic N) is 3. The summed E-state index contributed by atoms with van der Waals surface area (Å²) in [6.07, 6.45) is 6.82. The van der Waals surface area contributed by atoms with Crippen LogP contribution >= 0.6 is 0 Å². The second kappa shape index (κ2) is 6.39. The zero-order chi connectivity index (χ0) is 16.4. The Kier molecular flexibility index (Phi) is 4.48. The Balaban J connectivity index is 1.56. The number of rotatable bonds is 4. The minimum absolute atomic E-state index is 0.0704. The van der Waals surface area contributed by atoms with Crippen molar-refractivity contribution < 1.29 is 14.3 Å². The average molecular weight is 320 g/mol. The summed E-state index contributed by atoms with van der Waals surface area (Å²) in [4.78, 5) is 23.0. The number of carbonyl (C=O) groups excluding carboxylic acids is 2. The fourth-order valence-electron chi connectivity index (χ4n) is 3.37. The number of piperidine rings is 1. The summed E-state index contributed by atoms with van der Waals surface area (Å²) < 4.78 is 7.87. The highest BCUT2D eigenvalue weighted by atomic mass is 16.5. The lowest BCUT2D eigenvalue weighted by Gasteiger charge is -2.35. The number of hydrogen-bond donors (Lipinski definition) is 1. The first-order valence-electron chi connectivity index (χ1n) is 8.32. The van der Waals surface area contributed by atoms with Crippen molar-refractivity contribution in [3.05, 3.63) is 11.9 Å². The predicted octanol–water partition coefficient (Wildman–Crippen LogP) is 1.22. The maximum atomic E-state index is 11.8. The molecule has 7 nitrogen and oxygen atoms in total. The van der Waals surface area contributed by atoms with Crippen LogP contribution in [0.25, 0.3) is 0 Å². The Morgan fingerprint density at radius 3 is 2.96 bits per heavy atom. The Morgan fingerprint density at radius 1 is 1.39 bits per heavy atom. The van der Waals surface area contributed by atoms with Gasteiger partial charge in [-0.25, -0.2) is 4.68 Å². The van der Waals surface area contributed by atoms with E-state index in [0.29, 0.717) is 25.8 Å². The zero-order valence-electron chi connectivity index (χ0n) is 13.7. The van der Waals surface area contributed by atoms with Crippen molar-refractivity contribution in [3.8, 4) is 0 Å². The van der Waals surface area contributed by atoms with Gasteiger partial charge in [0.15, 0.2) is 0 Å². The molecular formula is C16H24N4O3. The van der Waals surface area contributed by atoms with Crippen LogP contribution in [0.3, 0.4) is 0 Å². The highest BCUT2D eigenvalue weighted by Crippen LogP contribution is 2.28. The largest absolute Gasteiger partial charge is 0.370 e. The van der Waals surface area contributed by atoms with Crippen LogP contribution in [0.2, 0.25) is 0 Å². The molecular weight excluding hydrogens is 296 g/mol. The molecule has 3 rings (SSSR count). The lowest BCUT2D eigenvalue weighted by atomic mass is 9.93. The Morgan fingerprint density at radius 2 is 2.22 bits per heavy atom. The van der Waals surface area contributed by atoms with Crippen molar-refractivity contribution in [2.45, 2.75) is 70.6 Å². The van der Waals surface area contributed by atoms with Gasteiger partial charge in [-0.05, 0) is 39.5 Å². The standard InChI is InChI=1S/C16H24N4O3/c1-16(2)7-3-4-13(23-16)10-20-9-12(18-19-20)8-11-5-6-14(21)17-15(11)22/h9,11,13H,3-8,10H2,1-2H3,(H,17,21,22). The molecule has 1 aromatic heterocycles. The third kappa shape index (κ3) is 4.16. The van der Waals surface area contributed by atoms with E-state index in [1.54, 1.807) is 4.68 Å². The summed E-state index contributed by atoms with van der Waals surface area (Å²) in [5.74, 6) is -0.581. The van der Waals surface area contributed by atoms with E-state index in [9.17, 15) is 9.59 Å². The number of aromatic nitrogens is 3. The van der Waals surface area contributed by atoms with E-state index in [-0.39, 0.29) is 29.4 Å². The molecule has 0 aromatic carbocycles. The molecule has 2 aliphatic rings. The van der Waals surface area contributed by atoms with E-state index in [2.05, 4.69) is 29.5 Å². The molecule has 3 heterocycles. The summed E-state index contributed by atoms with van der Waals surface area (Å²) in [5, 5.41) is 10.7. The van der Waals surface area contributed by atoms with Crippen LogP contribution in [-0.2, 0) is 27.3 Å². The van der Waals surface area contributed by atoms with Crippen LogP contribution in [0.15, 0.2) is 6.20 Å². The molecule has 0 bridgehead atoms. The molecule has 0 radical (unpaired) electrons. The minimum atomic E-state index is -0.201. The van der Waals surface area contributed by atoms with Gasteiger partial charge in [0.1, 0.15) is 0 Å². The summed E-state index contributed by atoms with van der Waals surface area (Å²) in [7, 11) is 0. The first kappa shape index (κ1) is 16.1. The van der Waals surface area contributed by atoms with E-state index in [0.717, 1.165) is 25.0 Å². The van der Waals surface area contributed by atoms with E-state index < -0.39 is 0 Å². The van der Waals surface area contributed by atoms with Gasteiger partial charge in [-0.3, -0.25) is 14.9 Å². The molecule has 2 fully saturated rings. The summed E-state index contributed by atoms with van der Waals surface area (Å²) in [5.41, 5.74) is 0.716. The number of carbonyl (C=O) groups is 2. The summed E-state index contributed by atoms with van der Waals surface area (Å²) >= 11 is 0. The Bertz CT molecular complexity index is 596. The smallest absolute Gasteiger partial charge is 0.230 e. The van der Waals surface area contributed by atoms with Gasteiger partial charge in [-0.1, -0.05) is 5.21 Å². The van der Waals surface area contributed by atoms with Crippen molar-refractivity contribution in [2.24, 2.45) is 5.92 Å². The van der Waals surface area contributed by atoms with E-state index in [4.69, 9.17) is 4.74 Å². The van der Waals surface area contributed by atoms with Gasteiger partial charge >= 0.3 is 0 Å². The second-order valence-corrected chi connectivity index (χ2v) is 7.18. The maximum Gasteiger partial charge on any atom is 0.230 e. The molecule has 1 N–H and O–H groups in total. The minimum Gasteiger partial charge on any atom is -0.370 e. The fourth-order valence-corrected chi connectivity index (χ4v) is 3.37. The number of amides is 2. The van der Waals surface area contributed by atoms with Crippen LogP contribution in [0.1, 0.15) is 51.6 Å². The normalized spacial score (nSPS) is 27.7. The van der Waals surface area contributed by atoms with Crippen molar-refractivity contribution >= 4 is 11.8 Å². The molecule has 7 heteroatoms. The first-order valence-corrected chi connectivity index (χ1v) is 8.32. The van der Waals surface area contributed by atoms with E-state index in [1.165, 1.54) is 0 Å². The van der Waals surface area contributed by atoms with Gasteiger partial charge in [0, 0.05) is 25.0 Å². The Labute approximate surface area is 135 Å². The Hall–Kier alpha value is -1.76. The molecule has 0 saturated carbocycles.